The van der Waals surface area contributed by atoms with Crippen molar-refractivity contribution in [2.45, 2.75) is 44.4 Å². The van der Waals surface area contributed by atoms with Gasteiger partial charge in [0.2, 0.25) is 0 Å². The summed E-state index contributed by atoms with van der Waals surface area (Å²) >= 11 is 0. The van der Waals surface area contributed by atoms with Crippen LogP contribution in [-0.4, -0.2) is 45.1 Å². The van der Waals surface area contributed by atoms with Crippen molar-refractivity contribution in [3.63, 3.8) is 0 Å². The number of amides is 2. The molecule has 1 N–H and O–H groups in total. The lowest BCUT2D eigenvalue weighted by Crippen LogP contribution is -2.55. The Morgan fingerprint density at radius 1 is 1.20 bits per heavy atom. The van der Waals surface area contributed by atoms with Crippen LogP contribution in [-0.2, 0) is 6.61 Å². The average Bonchev–Trinajstić information content (AvgIpc) is 3.25. The number of hydrogen-bond acceptors (Lipinski definition) is 4. The van der Waals surface area contributed by atoms with E-state index in [-0.39, 0.29) is 12.1 Å². The number of carbonyl (C=O) groups is 1. The van der Waals surface area contributed by atoms with Crippen molar-refractivity contribution in [2.24, 2.45) is 0 Å². The molecule has 1 saturated carbocycles. The fraction of sp³-hybridized carbons (Fsp3) is 0.500. The van der Waals surface area contributed by atoms with E-state index in [1.165, 1.54) is 12.8 Å². The van der Waals surface area contributed by atoms with Gasteiger partial charge in [-0.2, -0.15) is 0 Å². The van der Waals surface area contributed by atoms with E-state index in [2.05, 4.69) is 15.6 Å². The molecule has 0 atom stereocenters. The summed E-state index contributed by atoms with van der Waals surface area (Å²) in [4.78, 5) is 14.0. The Labute approximate surface area is 147 Å². The van der Waals surface area contributed by atoms with Crippen LogP contribution in [0.2, 0.25) is 0 Å². The quantitative estimate of drug-likeness (QED) is 0.906. The van der Waals surface area contributed by atoms with E-state index >= 15 is 0 Å². The smallest absolute Gasteiger partial charge is 0.317 e. The van der Waals surface area contributed by atoms with Crippen LogP contribution >= 0.6 is 0 Å². The van der Waals surface area contributed by atoms with E-state index in [1.54, 1.807) is 0 Å². The van der Waals surface area contributed by atoms with E-state index in [1.807, 2.05) is 46.1 Å². The number of rotatable bonds is 5. The third-order valence-electron chi connectivity index (χ3n) is 4.89. The maximum Gasteiger partial charge on any atom is 0.317 e. The molecule has 2 amide bonds. The molecule has 7 heteroatoms. The lowest BCUT2D eigenvalue weighted by Gasteiger charge is -2.39. The van der Waals surface area contributed by atoms with Crippen LogP contribution in [0.25, 0.3) is 0 Å². The largest absolute Gasteiger partial charge is 0.487 e. The Kier molecular flexibility index (Phi) is 4.54. The van der Waals surface area contributed by atoms with Crippen molar-refractivity contribution in [1.82, 2.24) is 25.2 Å². The molecule has 2 heterocycles. The second kappa shape index (κ2) is 7.13. The minimum absolute atomic E-state index is 0.0518. The van der Waals surface area contributed by atoms with Crippen LogP contribution in [0.1, 0.15) is 37.4 Å². The number of nitrogens with one attached hydrogen (secondary N) is 1. The molecule has 4 rings (SSSR count). The summed E-state index contributed by atoms with van der Waals surface area (Å²) < 4.78 is 7.52. The molecule has 0 unspecified atom stereocenters. The Bertz CT molecular complexity index is 705. The van der Waals surface area contributed by atoms with Crippen LogP contribution < -0.4 is 10.1 Å². The number of likely N-dealkylation sites (tertiary alicyclic amines) is 1. The first-order valence-electron chi connectivity index (χ1n) is 8.92. The molecular formula is C18H23N5O2. The molecule has 25 heavy (non-hydrogen) atoms. The molecule has 0 bridgehead atoms. The molecule has 1 aliphatic heterocycles. The fourth-order valence-corrected chi connectivity index (χ4v) is 3.36. The first-order valence-corrected chi connectivity index (χ1v) is 8.92. The minimum atomic E-state index is 0.0518. The monoisotopic (exact) mass is 341 g/mol. The van der Waals surface area contributed by atoms with Gasteiger partial charge in [-0.15, -0.1) is 5.10 Å². The first kappa shape index (κ1) is 15.9. The van der Waals surface area contributed by atoms with Gasteiger partial charge in [-0.25, -0.2) is 9.48 Å². The Balaban J connectivity index is 1.24. The van der Waals surface area contributed by atoms with Gasteiger partial charge in [-0.05, 0) is 25.0 Å². The number of urea groups is 1. The van der Waals surface area contributed by atoms with Crippen molar-refractivity contribution in [1.29, 1.82) is 0 Å². The second-order valence-corrected chi connectivity index (χ2v) is 6.78. The zero-order valence-corrected chi connectivity index (χ0v) is 14.2. The molecule has 0 radical (unpaired) electrons. The zero-order chi connectivity index (χ0) is 17.1. The highest BCUT2D eigenvalue weighted by molar-refractivity contribution is 5.75. The minimum Gasteiger partial charge on any atom is -0.487 e. The van der Waals surface area contributed by atoms with Gasteiger partial charge in [0.25, 0.3) is 0 Å². The number of carbonyl (C=O) groups excluding carboxylic acids is 1. The highest BCUT2D eigenvalue weighted by Gasteiger charge is 2.33. The van der Waals surface area contributed by atoms with Crippen LogP contribution in [0.4, 0.5) is 4.79 Å². The highest BCUT2D eigenvalue weighted by atomic mass is 16.5. The molecule has 1 aromatic carbocycles. The third kappa shape index (κ3) is 3.75. The Morgan fingerprint density at radius 3 is 2.72 bits per heavy atom. The number of aromatic nitrogens is 3. The van der Waals surface area contributed by atoms with Crippen molar-refractivity contribution >= 4 is 6.03 Å². The van der Waals surface area contributed by atoms with E-state index in [9.17, 15) is 4.79 Å². The lowest BCUT2D eigenvalue weighted by molar-refractivity contribution is 0.115. The number of benzene rings is 1. The van der Waals surface area contributed by atoms with Gasteiger partial charge in [0.1, 0.15) is 18.1 Å². The molecule has 1 aliphatic carbocycles. The highest BCUT2D eigenvalue weighted by Crippen LogP contribution is 2.22. The van der Waals surface area contributed by atoms with Gasteiger partial charge in [-0.1, -0.05) is 36.3 Å². The molecule has 0 spiro atoms. The average molecular weight is 341 g/mol. The molecule has 2 aromatic rings. The van der Waals surface area contributed by atoms with Crippen LogP contribution in [0.15, 0.2) is 36.5 Å². The lowest BCUT2D eigenvalue weighted by atomic mass is 10.1. The van der Waals surface area contributed by atoms with Gasteiger partial charge in [-0.3, -0.25) is 0 Å². The third-order valence-corrected chi connectivity index (χ3v) is 4.89. The first-order chi connectivity index (χ1) is 12.3. The SMILES string of the molecule is O=C(NC1CCCC1)N1CC(n2cc(COc3ccccc3)nn2)C1. The summed E-state index contributed by atoms with van der Waals surface area (Å²) in [7, 11) is 0. The molecular weight excluding hydrogens is 318 g/mol. The molecule has 2 aliphatic rings. The molecule has 132 valence electrons. The normalized spacial score (nSPS) is 18.2. The van der Waals surface area contributed by atoms with Gasteiger partial charge < -0.3 is 15.0 Å². The van der Waals surface area contributed by atoms with E-state index in [0.717, 1.165) is 24.3 Å². The Hall–Kier alpha value is -2.57. The van der Waals surface area contributed by atoms with Gasteiger partial charge in [0.15, 0.2) is 0 Å². The molecule has 2 fully saturated rings. The molecule has 7 nitrogen and oxygen atoms in total. The van der Waals surface area contributed by atoms with E-state index in [0.29, 0.717) is 25.7 Å². The van der Waals surface area contributed by atoms with Gasteiger partial charge >= 0.3 is 6.03 Å². The number of para-hydroxylation sites is 1. The molecule has 1 aromatic heterocycles. The predicted octanol–water partition coefficient (Wildman–Crippen LogP) is 2.37. The van der Waals surface area contributed by atoms with E-state index in [4.69, 9.17) is 4.74 Å². The number of ether oxygens (including phenoxy) is 1. The van der Waals surface area contributed by atoms with Crippen LogP contribution in [0, 0.1) is 0 Å². The number of hydrogen-bond donors (Lipinski definition) is 1. The van der Waals surface area contributed by atoms with Gasteiger partial charge in [0.05, 0.1) is 12.2 Å². The standard InChI is InChI=1S/C18H23N5O2/c24-18(19-14-6-4-5-7-14)22-11-16(12-22)23-10-15(20-21-23)13-25-17-8-2-1-3-9-17/h1-3,8-10,14,16H,4-7,11-13H2,(H,19,24). The van der Waals surface area contributed by atoms with Crippen molar-refractivity contribution in [3.05, 3.63) is 42.2 Å². The maximum atomic E-state index is 12.2. The summed E-state index contributed by atoms with van der Waals surface area (Å²) in [5.74, 6) is 0.815. The van der Waals surface area contributed by atoms with Crippen molar-refractivity contribution < 1.29 is 9.53 Å². The predicted molar refractivity (Wildman–Crippen MR) is 92.2 cm³/mol. The van der Waals surface area contributed by atoms with Crippen LogP contribution in [0.5, 0.6) is 5.75 Å². The summed E-state index contributed by atoms with van der Waals surface area (Å²) in [6, 6.07) is 10.3. The van der Waals surface area contributed by atoms with Crippen LogP contribution in [0.3, 0.4) is 0 Å². The summed E-state index contributed by atoms with van der Waals surface area (Å²) in [6.07, 6.45) is 6.56. The Morgan fingerprint density at radius 2 is 1.96 bits per heavy atom. The topological polar surface area (TPSA) is 72.3 Å². The summed E-state index contributed by atoms with van der Waals surface area (Å²) in [5, 5.41) is 11.5. The molecule has 1 saturated heterocycles. The summed E-state index contributed by atoms with van der Waals surface area (Å²) in [5.41, 5.74) is 0.790. The van der Waals surface area contributed by atoms with Crippen molar-refractivity contribution in [2.75, 3.05) is 13.1 Å². The zero-order valence-electron chi connectivity index (χ0n) is 14.2. The fourth-order valence-electron chi connectivity index (χ4n) is 3.36. The summed E-state index contributed by atoms with van der Waals surface area (Å²) in [6.45, 7) is 1.75. The maximum absolute atomic E-state index is 12.2. The number of nitrogens with zero attached hydrogens (tertiary/aromatic N) is 4. The second-order valence-electron chi connectivity index (χ2n) is 6.78. The van der Waals surface area contributed by atoms with Gasteiger partial charge in [0, 0.05) is 19.1 Å². The van der Waals surface area contributed by atoms with E-state index < -0.39 is 0 Å². The van der Waals surface area contributed by atoms with Crippen molar-refractivity contribution in [3.8, 4) is 5.75 Å².